The Morgan fingerprint density at radius 3 is 1.45 bits per heavy atom. The van der Waals surface area contributed by atoms with E-state index in [1.165, 1.54) is 65.3 Å². The van der Waals surface area contributed by atoms with Crippen LogP contribution in [-0.2, 0) is 0 Å². The van der Waals surface area contributed by atoms with Gasteiger partial charge in [-0.2, -0.15) is 0 Å². The van der Waals surface area contributed by atoms with Crippen molar-refractivity contribution in [1.29, 1.82) is 0 Å². The van der Waals surface area contributed by atoms with Crippen molar-refractivity contribution in [3.05, 3.63) is 213 Å². The minimum atomic E-state index is 0.698. The van der Waals surface area contributed by atoms with Crippen LogP contribution in [-0.4, -0.2) is 15.0 Å². The van der Waals surface area contributed by atoms with E-state index in [1.54, 1.807) is 6.20 Å². The second-order valence-corrected chi connectivity index (χ2v) is 14.8. The second kappa shape index (κ2) is 14.1. The van der Waals surface area contributed by atoms with Crippen LogP contribution in [0.2, 0.25) is 0 Å². The van der Waals surface area contributed by atoms with Crippen LogP contribution in [0.15, 0.2) is 213 Å². The molecule has 9 aromatic carbocycles. The van der Waals surface area contributed by atoms with Crippen LogP contribution in [0.1, 0.15) is 0 Å². The topological polar surface area (TPSA) is 38.7 Å². The Kier molecular flexibility index (Phi) is 8.15. The molecule has 58 heavy (non-hydrogen) atoms. The quantitative estimate of drug-likeness (QED) is 0.160. The van der Waals surface area contributed by atoms with E-state index < -0.39 is 0 Å². The summed E-state index contributed by atoms with van der Waals surface area (Å²) in [4.78, 5) is 13.9. The van der Waals surface area contributed by atoms with Crippen molar-refractivity contribution in [2.75, 3.05) is 0 Å². The molecule has 0 bridgehead atoms. The summed E-state index contributed by atoms with van der Waals surface area (Å²) in [5, 5.41) is 9.89. The van der Waals surface area contributed by atoms with Crippen molar-refractivity contribution in [2.45, 2.75) is 0 Å². The third-order valence-corrected chi connectivity index (χ3v) is 11.4. The molecular formula is C55H35N3. The van der Waals surface area contributed by atoms with E-state index >= 15 is 0 Å². The van der Waals surface area contributed by atoms with Crippen LogP contribution in [0.5, 0.6) is 0 Å². The van der Waals surface area contributed by atoms with Gasteiger partial charge in [-0.25, -0.2) is 9.97 Å². The van der Waals surface area contributed by atoms with E-state index in [2.05, 4.69) is 192 Å². The lowest BCUT2D eigenvalue weighted by Gasteiger charge is -2.19. The largest absolute Gasteiger partial charge is 0.264 e. The highest BCUT2D eigenvalue weighted by atomic mass is 14.9. The summed E-state index contributed by atoms with van der Waals surface area (Å²) in [5.41, 5.74) is 12.3. The van der Waals surface area contributed by atoms with Gasteiger partial charge in [0.15, 0.2) is 5.82 Å². The third-order valence-electron chi connectivity index (χ3n) is 11.4. The molecule has 0 atom stereocenters. The number of benzene rings is 9. The lowest BCUT2D eigenvalue weighted by molar-refractivity contribution is 1.18. The van der Waals surface area contributed by atoms with E-state index in [0.29, 0.717) is 5.82 Å². The molecule has 0 unspecified atom stereocenters. The first-order chi connectivity index (χ1) is 28.7. The van der Waals surface area contributed by atoms with Gasteiger partial charge in [0.1, 0.15) is 0 Å². The Hall–Kier alpha value is -7.75. The van der Waals surface area contributed by atoms with E-state index in [1.807, 2.05) is 24.5 Å². The lowest BCUT2D eigenvalue weighted by atomic mass is 9.84. The average molecular weight is 738 g/mol. The summed E-state index contributed by atoms with van der Waals surface area (Å²) < 4.78 is 0. The predicted molar refractivity (Wildman–Crippen MR) is 242 cm³/mol. The maximum Gasteiger partial charge on any atom is 0.159 e. The summed E-state index contributed by atoms with van der Waals surface area (Å²) in [5.74, 6) is 0.698. The first-order valence-electron chi connectivity index (χ1n) is 19.7. The summed E-state index contributed by atoms with van der Waals surface area (Å²) in [6.45, 7) is 0. The zero-order valence-corrected chi connectivity index (χ0v) is 31.5. The van der Waals surface area contributed by atoms with Crippen molar-refractivity contribution < 1.29 is 0 Å². The molecule has 0 aliphatic rings. The molecule has 3 heteroatoms. The first kappa shape index (κ1) is 33.6. The number of hydrogen-bond acceptors (Lipinski definition) is 3. The van der Waals surface area contributed by atoms with Crippen LogP contribution in [0.3, 0.4) is 0 Å². The SMILES string of the molecule is c1cncc(-c2ccc(-c3ccnc(-c4ccc(-c5ccc6c(-c7ccc8ccccc8c7)c7ccccc7c(-c7ccc8ccccc8c7)c6c5)cc4)n3)cc2)c1. The Labute approximate surface area is 336 Å². The summed E-state index contributed by atoms with van der Waals surface area (Å²) in [6, 6.07) is 70.0. The number of nitrogens with zero attached hydrogens (tertiary/aromatic N) is 3. The standard InChI is InChI=1S/C55H35N3/c1-3-10-42-32-45(25-19-36(42)8-1)53-48-13-5-6-14-49(48)54(46-26-20-37-9-2-4-11-43(37)33-46)51-34-44(27-28-50(51)53)38-17-23-41(24-18-38)55-57-31-29-52(58-55)40-21-15-39(16-22-40)47-12-7-30-56-35-47/h1-35H. The van der Waals surface area contributed by atoms with Gasteiger partial charge in [0.25, 0.3) is 0 Å². The van der Waals surface area contributed by atoms with Crippen molar-refractivity contribution in [3.63, 3.8) is 0 Å². The predicted octanol–water partition coefficient (Wildman–Crippen LogP) is 14.5. The molecule has 0 spiro atoms. The molecule has 3 nitrogen and oxygen atoms in total. The van der Waals surface area contributed by atoms with Gasteiger partial charge in [-0.15, -0.1) is 0 Å². The molecular weight excluding hydrogens is 703 g/mol. The maximum absolute atomic E-state index is 4.99. The van der Waals surface area contributed by atoms with Gasteiger partial charge >= 0.3 is 0 Å². The van der Waals surface area contributed by atoms with E-state index in [9.17, 15) is 0 Å². The number of rotatable bonds is 6. The first-order valence-corrected chi connectivity index (χ1v) is 19.7. The summed E-state index contributed by atoms with van der Waals surface area (Å²) in [7, 11) is 0. The van der Waals surface area contributed by atoms with Crippen LogP contribution in [0.4, 0.5) is 0 Å². The molecule has 0 fully saturated rings. The fourth-order valence-electron chi connectivity index (χ4n) is 8.51. The molecule has 0 aliphatic heterocycles. The zero-order chi connectivity index (χ0) is 38.4. The second-order valence-electron chi connectivity index (χ2n) is 14.8. The molecule has 0 N–H and O–H groups in total. The van der Waals surface area contributed by atoms with Gasteiger partial charge in [-0.1, -0.05) is 164 Å². The molecule has 2 aromatic heterocycles. The Morgan fingerprint density at radius 1 is 0.293 bits per heavy atom. The third kappa shape index (κ3) is 5.98. The normalized spacial score (nSPS) is 11.4. The Bertz CT molecular complexity index is 3320. The fraction of sp³-hybridized carbons (Fsp3) is 0. The molecule has 270 valence electrons. The van der Waals surface area contributed by atoms with Crippen LogP contribution in [0, 0.1) is 0 Å². The van der Waals surface area contributed by atoms with E-state index in [0.717, 1.165) is 39.1 Å². The van der Waals surface area contributed by atoms with Crippen LogP contribution < -0.4 is 0 Å². The number of aromatic nitrogens is 3. The van der Waals surface area contributed by atoms with Gasteiger partial charge in [0, 0.05) is 29.7 Å². The van der Waals surface area contributed by atoms with E-state index in [-0.39, 0.29) is 0 Å². The summed E-state index contributed by atoms with van der Waals surface area (Å²) in [6.07, 6.45) is 5.52. The zero-order valence-electron chi connectivity index (χ0n) is 31.5. The maximum atomic E-state index is 4.99. The molecule has 0 aliphatic carbocycles. The minimum Gasteiger partial charge on any atom is -0.264 e. The van der Waals surface area contributed by atoms with Gasteiger partial charge < -0.3 is 0 Å². The molecule has 0 saturated carbocycles. The molecule has 0 amide bonds. The molecule has 0 saturated heterocycles. The highest BCUT2D eigenvalue weighted by Gasteiger charge is 2.18. The molecule has 11 rings (SSSR count). The monoisotopic (exact) mass is 737 g/mol. The summed E-state index contributed by atoms with van der Waals surface area (Å²) >= 11 is 0. The number of hydrogen-bond donors (Lipinski definition) is 0. The van der Waals surface area contributed by atoms with Crippen LogP contribution in [0.25, 0.3) is 110 Å². The van der Waals surface area contributed by atoms with Crippen molar-refractivity contribution in [1.82, 2.24) is 15.0 Å². The highest BCUT2D eigenvalue weighted by Crippen LogP contribution is 2.46. The van der Waals surface area contributed by atoms with Gasteiger partial charge in [-0.05, 0) is 118 Å². The lowest BCUT2D eigenvalue weighted by Crippen LogP contribution is -1.93. The highest BCUT2D eigenvalue weighted by molar-refractivity contribution is 6.22. The molecule has 11 aromatic rings. The molecule has 0 radical (unpaired) electrons. The smallest absolute Gasteiger partial charge is 0.159 e. The fourth-order valence-corrected chi connectivity index (χ4v) is 8.51. The van der Waals surface area contributed by atoms with Gasteiger partial charge in [-0.3, -0.25) is 4.98 Å². The van der Waals surface area contributed by atoms with Crippen molar-refractivity contribution in [2.24, 2.45) is 0 Å². The van der Waals surface area contributed by atoms with Gasteiger partial charge in [0.2, 0.25) is 0 Å². The average Bonchev–Trinajstić information content (AvgIpc) is 3.30. The van der Waals surface area contributed by atoms with Crippen molar-refractivity contribution >= 4 is 43.1 Å². The van der Waals surface area contributed by atoms with E-state index in [4.69, 9.17) is 4.98 Å². The van der Waals surface area contributed by atoms with Gasteiger partial charge in [0.05, 0.1) is 5.69 Å². The minimum absolute atomic E-state index is 0.698. The Morgan fingerprint density at radius 2 is 0.810 bits per heavy atom. The van der Waals surface area contributed by atoms with Crippen molar-refractivity contribution in [3.8, 4) is 67.2 Å². The van der Waals surface area contributed by atoms with Crippen LogP contribution >= 0.6 is 0 Å². The Balaban J connectivity index is 1.03. The molecule has 2 heterocycles. The number of fused-ring (bicyclic) bond motifs is 4. The number of pyridine rings is 1.